The molecule has 5 nitrogen and oxygen atoms in total. The Morgan fingerprint density at radius 2 is 2.12 bits per heavy atom. The Morgan fingerprint density at radius 1 is 1.27 bits per heavy atom. The van der Waals surface area contributed by atoms with E-state index >= 15 is 0 Å². The van der Waals surface area contributed by atoms with Gasteiger partial charge in [-0.3, -0.25) is 4.79 Å². The van der Waals surface area contributed by atoms with Crippen molar-refractivity contribution in [1.82, 2.24) is 10.3 Å². The van der Waals surface area contributed by atoms with Crippen LogP contribution in [0.2, 0.25) is 0 Å². The SMILES string of the molecule is Cl.NC1CCCC(C(=O)NCc2ccc(-c3nc4ccccc4s3)o2)C1. The quantitative estimate of drug-likeness (QED) is 0.701. The van der Waals surface area contributed by atoms with E-state index in [0.717, 1.165) is 52.4 Å². The molecule has 0 aliphatic heterocycles. The van der Waals surface area contributed by atoms with E-state index in [9.17, 15) is 4.79 Å². The lowest BCUT2D eigenvalue weighted by Crippen LogP contribution is -2.37. The zero-order valence-electron chi connectivity index (χ0n) is 14.3. The van der Waals surface area contributed by atoms with E-state index in [2.05, 4.69) is 16.4 Å². The van der Waals surface area contributed by atoms with Crippen molar-refractivity contribution >= 4 is 39.9 Å². The number of aromatic nitrogens is 1. The number of fused-ring (bicyclic) bond motifs is 1. The van der Waals surface area contributed by atoms with Gasteiger partial charge in [0.1, 0.15) is 5.76 Å². The Balaban J connectivity index is 0.00000196. The number of hydrogen-bond donors (Lipinski definition) is 2. The molecular formula is C19H22ClN3O2S. The van der Waals surface area contributed by atoms with Gasteiger partial charge in [0.25, 0.3) is 0 Å². The van der Waals surface area contributed by atoms with Gasteiger partial charge < -0.3 is 15.5 Å². The van der Waals surface area contributed by atoms with Gasteiger partial charge in [-0.05, 0) is 43.5 Å². The predicted octanol–water partition coefficient (Wildman–Crippen LogP) is 4.11. The second kappa shape index (κ2) is 8.20. The number of thiazole rings is 1. The number of rotatable bonds is 4. The highest BCUT2D eigenvalue weighted by molar-refractivity contribution is 7.21. The number of nitrogens with zero attached hydrogens (tertiary/aromatic N) is 1. The molecular weight excluding hydrogens is 370 g/mol. The van der Waals surface area contributed by atoms with Crippen LogP contribution in [-0.4, -0.2) is 16.9 Å². The van der Waals surface area contributed by atoms with Gasteiger partial charge in [-0.1, -0.05) is 18.6 Å². The van der Waals surface area contributed by atoms with Crippen molar-refractivity contribution < 1.29 is 9.21 Å². The first-order chi connectivity index (χ1) is 12.2. The standard InChI is InChI=1S/C19H21N3O2S.ClH/c20-13-5-3-4-12(10-13)18(23)21-11-14-8-9-16(24-14)19-22-15-6-1-2-7-17(15)25-19;/h1-2,6-9,12-13H,3-5,10-11,20H2,(H,21,23);1H. The van der Waals surface area contributed by atoms with Crippen LogP contribution in [0.25, 0.3) is 21.0 Å². The van der Waals surface area contributed by atoms with Crippen molar-refractivity contribution in [3.8, 4) is 10.8 Å². The molecule has 0 spiro atoms. The van der Waals surface area contributed by atoms with Gasteiger partial charge in [-0.15, -0.1) is 23.7 Å². The third-order valence-electron chi connectivity index (χ3n) is 4.69. The van der Waals surface area contributed by atoms with Crippen molar-refractivity contribution in [2.45, 2.75) is 38.3 Å². The van der Waals surface area contributed by atoms with Gasteiger partial charge in [0.15, 0.2) is 10.8 Å². The van der Waals surface area contributed by atoms with Crippen molar-refractivity contribution in [3.63, 3.8) is 0 Å². The van der Waals surface area contributed by atoms with E-state index in [-0.39, 0.29) is 30.3 Å². The molecule has 1 fully saturated rings. The number of nitrogens with two attached hydrogens (primary N) is 1. The highest BCUT2D eigenvalue weighted by atomic mass is 35.5. The van der Waals surface area contributed by atoms with Crippen LogP contribution in [0.4, 0.5) is 0 Å². The zero-order valence-corrected chi connectivity index (χ0v) is 15.9. The van der Waals surface area contributed by atoms with Crippen LogP contribution < -0.4 is 11.1 Å². The van der Waals surface area contributed by atoms with E-state index < -0.39 is 0 Å². The molecule has 1 amide bonds. The molecule has 1 saturated carbocycles. The van der Waals surface area contributed by atoms with E-state index in [0.29, 0.717) is 6.54 Å². The maximum absolute atomic E-state index is 12.3. The van der Waals surface area contributed by atoms with Crippen molar-refractivity contribution in [2.75, 3.05) is 0 Å². The fraction of sp³-hybridized carbons (Fsp3) is 0.368. The van der Waals surface area contributed by atoms with Crippen LogP contribution >= 0.6 is 23.7 Å². The first-order valence-corrected chi connectivity index (χ1v) is 9.48. The summed E-state index contributed by atoms with van der Waals surface area (Å²) in [6.07, 6.45) is 3.75. The number of benzene rings is 1. The maximum atomic E-state index is 12.3. The average molecular weight is 392 g/mol. The molecule has 1 aromatic carbocycles. The molecule has 2 heterocycles. The minimum absolute atomic E-state index is 0. The second-order valence-electron chi connectivity index (χ2n) is 6.59. The largest absolute Gasteiger partial charge is 0.457 e. The molecule has 3 N–H and O–H groups in total. The molecule has 0 radical (unpaired) electrons. The summed E-state index contributed by atoms with van der Waals surface area (Å²) in [6.45, 7) is 0.398. The van der Waals surface area contributed by atoms with Gasteiger partial charge in [0.2, 0.25) is 5.91 Å². The number of halogens is 1. The molecule has 2 aromatic heterocycles. The molecule has 7 heteroatoms. The summed E-state index contributed by atoms with van der Waals surface area (Å²) < 4.78 is 7.00. The predicted molar refractivity (Wildman–Crippen MR) is 106 cm³/mol. The van der Waals surface area contributed by atoms with Crippen LogP contribution in [0.5, 0.6) is 0 Å². The molecule has 0 saturated heterocycles. The van der Waals surface area contributed by atoms with Gasteiger partial charge >= 0.3 is 0 Å². The number of carbonyl (C=O) groups is 1. The third-order valence-corrected chi connectivity index (χ3v) is 5.74. The topological polar surface area (TPSA) is 81.2 Å². The zero-order chi connectivity index (χ0) is 17.2. The number of nitrogens with one attached hydrogen (secondary N) is 1. The number of carbonyl (C=O) groups excluding carboxylic acids is 1. The first kappa shape index (κ1) is 18.9. The van der Waals surface area contributed by atoms with Crippen molar-refractivity contribution in [1.29, 1.82) is 0 Å². The van der Waals surface area contributed by atoms with Crippen LogP contribution in [0, 0.1) is 5.92 Å². The van der Waals surface area contributed by atoms with Crippen LogP contribution in [0.15, 0.2) is 40.8 Å². The van der Waals surface area contributed by atoms with Crippen molar-refractivity contribution in [2.24, 2.45) is 11.7 Å². The second-order valence-corrected chi connectivity index (χ2v) is 7.62. The molecule has 0 bridgehead atoms. The summed E-state index contributed by atoms with van der Waals surface area (Å²) in [4.78, 5) is 16.9. The highest BCUT2D eigenvalue weighted by Gasteiger charge is 2.25. The minimum Gasteiger partial charge on any atom is -0.457 e. The molecule has 1 aliphatic carbocycles. The molecule has 138 valence electrons. The number of furan rings is 1. The highest BCUT2D eigenvalue weighted by Crippen LogP contribution is 2.31. The van der Waals surface area contributed by atoms with E-state index in [1.807, 2.05) is 30.3 Å². The molecule has 2 unspecified atom stereocenters. The lowest BCUT2D eigenvalue weighted by Gasteiger charge is -2.25. The maximum Gasteiger partial charge on any atom is 0.223 e. The average Bonchev–Trinajstić information content (AvgIpc) is 3.26. The Morgan fingerprint density at radius 3 is 2.92 bits per heavy atom. The van der Waals surface area contributed by atoms with Crippen LogP contribution in [-0.2, 0) is 11.3 Å². The monoisotopic (exact) mass is 391 g/mol. The summed E-state index contributed by atoms with van der Waals surface area (Å²) in [5.41, 5.74) is 6.94. The molecule has 2 atom stereocenters. The summed E-state index contributed by atoms with van der Waals surface area (Å²) in [6, 6.07) is 12.0. The summed E-state index contributed by atoms with van der Waals surface area (Å²) in [5.74, 6) is 1.59. The fourth-order valence-corrected chi connectivity index (χ4v) is 4.28. The van der Waals surface area contributed by atoms with E-state index in [1.54, 1.807) is 11.3 Å². The van der Waals surface area contributed by atoms with Gasteiger partial charge in [-0.25, -0.2) is 4.98 Å². The lowest BCUT2D eigenvalue weighted by molar-refractivity contribution is -0.126. The Hall–Kier alpha value is -1.89. The van der Waals surface area contributed by atoms with Crippen molar-refractivity contribution in [3.05, 3.63) is 42.2 Å². The van der Waals surface area contributed by atoms with E-state index in [4.69, 9.17) is 10.2 Å². The number of para-hydroxylation sites is 1. The van der Waals surface area contributed by atoms with Gasteiger partial charge in [0, 0.05) is 12.0 Å². The minimum atomic E-state index is 0. The number of amides is 1. The normalized spacial score (nSPS) is 19.9. The van der Waals surface area contributed by atoms with E-state index in [1.165, 1.54) is 0 Å². The lowest BCUT2D eigenvalue weighted by atomic mass is 9.85. The van der Waals surface area contributed by atoms with Gasteiger partial charge in [-0.2, -0.15) is 0 Å². The summed E-state index contributed by atoms with van der Waals surface area (Å²) >= 11 is 1.60. The Labute approximate surface area is 162 Å². The molecule has 26 heavy (non-hydrogen) atoms. The molecule has 4 rings (SSSR count). The smallest absolute Gasteiger partial charge is 0.223 e. The Bertz CT molecular complexity index is 859. The molecule has 1 aliphatic rings. The van der Waals surface area contributed by atoms with Gasteiger partial charge in [0.05, 0.1) is 16.8 Å². The Kier molecular flexibility index (Phi) is 5.96. The molecule has 3 aromatic rings. The number of hydrogen-bond acceptors (Lipinski definition) is 5. The van der Waals surface area contributed by atoms with Crippen LogP contribution in [0.1, 0.15) is 31.4 Å². The van der Waals surface area contributed by atoms with Crippen LogP contribution in [0.3, 0.4) is 0 Å². The summed E-state index contributed by atoms with van der Waals surface area (Å²) in [7, 11) is 0. The first-order valence-electron chi connectivity index (χ1n) is 8.67. The third kappa shape index (κ3) is 4.09. The summed E-state index contributed by atoms with van der Waals surface area (Å²) in [5, 5.41) is 3.83. The fourth-order valence-electron chi connectivity index (χ4n) is 3.35.